The van der Waals surface area contributed by atoms with Crippen molar-refractivity contribution < 1.29 is 15.0 Å². The van der Waals surface area contributed by atoms with E-state index >= 15 is 0 Å². The lowest BCUT2D eigenvalue weighted by atomic mass is 9.83. The molecule has 0 radical (unpaired) electrons. The molecule has 1 saturated carbocycles. The molecule has 0 saturated heterocycles. The Morgan fingerprint density at radius 2 is 2.11 bits per heavy atom. The van der Waals surface area contributed by atoms with E-state index in [0.717, 1.165) is 6.42 Å². The molecule has 3 atom stereocenters. The van der Waals surface area contributed by atoms with E-state index in [1.807, 2.05) is 12.1 Å². The molecule has 1 heterocycles. The number of aliphatic carboxylic acids is 1. The van der Waals surface area contributed by atoms with Crippen LogP contribution in [0.1, 0.15) is 24.8 Å². The molecule has 5 heteroatoms. The van der Waals surface area contributed by atoms with Crippen molar-refractivity contribution in [1.29, 1.82) is 0 Å². The number of benzene rings is 1. The number of amidine groups is 1. The van der Waals surface area contributed by atoms with Gasteiger partial charge in [-0.15, -0.1) is 0 Å². The third-order valence-corrected chi connectivity index (χ3v) is 3.94. The van der Waals surface area contributed by atoms with Crippen LogP contribution in [0, 0.1) is 5.92 Å². The highest BCUT2D eigenvalue weighted by Crippen LogP contribution is 2.31. The summed E-state index contributed by atoms with van der Waals surface area (Å²) in [7, 11) is 0. The molecule has 1 aromatic rings. The lowest BCUT2D eigenvalue weighted by Gasteiger charge is -2.28. The number of rotatable bonds is 2. The first-order valence-electron chi connectivity index (χ1n) is 6.50. The van der Waals surface area contributed by atoms with Crippen molar-refractivity contribution in [3.05, 3.63) is 29.8 Å². The Bertz CT molecular complexity index is 541. The quantitative estimate of drug-likeness (QED) is 0.750. The molecular formula is C14H16N2O3. The topological polar surface area (TPSA) is 81.9 Å². The molecule has 1 aromatic carbocycles. The zero-order valence-corrected chi connectivity index (χ0v) is 10.4. The number of carboxylic acids is 1. The van der Waals surface area contributed by atoms with Gasteiger partial charge in [0.05, 0.1) is 23.6 Å². The van der Waals surface area contributed by atoms with Crippen molar-refractivity contribution >= 4 is 11.8 Å². The summed E-state index contributed by atoms with van der Waals surface area (Å²) >= 11 is 0. The fourth-order valence-electron chi connectivity index (χ4n) is 2.89. The third-order valence-electron chi connectivity index (χ3n) is 3.94. The molecule has 0 amide bonds. The van der Waals surface area contributed by atoms with Crippen LogP contribution in [0.3, 0.4) is 0 Å². The molecule has 3 unspecified atom stereocenters. The van der Waals surface area contributed by atoms with Gasteiger partial charge < -0.3 is 15.5 Å². The van der Waals surface area contributed by atoms with Crippen LogP contribution < -0.4 is 5.32 Å². The van der Waals surface area contributed by atoms with Gasteiger partial charge in [0.15, 0.2) is 0 Å². The minimum atomic E-state index is -0.726. The predicted molar refractivity (Wildman–Crippen MR) is 70.3 cm³/mol. The van der Waals surface area contributed by atoms with E-state index in [4.69, 9.17) is 5.11 Å². The molecule has 3 rings (SSSR count). The maximum atomic E-state index is 11.0. The second-order valence-corrected chi connectivity index (χ2v) is 5.16. The Labute approximate surface area is 111 Å². The summed E-state index contributed by atoms with van der Waals surface area (Å²) < 4.78 is 0. The number of phenols is 1. The molecular weight excluding hydrogens is 244 g/mol. The lowest BCUT2D eigenvalue weighted by Crippen LogP contribution is -2.41. The number of aromatic hydroxyl groups is 1. The van der Waals surface area contributed by atoms with Crippen LogP contribution in [0.4, 0.5) is 0 Å². The molecule has 1 aliphatic carbocycles. The molecule has 0 bridgehead atoms. The SMILES string of the molecule is O=C(O)C1CCC2N=C(c3ccccc3O)NC2C1. The van der Waals surface area contributed by atoms with Crippen LogP contribution >= 0.6 is 0 Å². The predicted octanol–water partition coefficient (Wildman–Crippen LogP) is 1.36. The van der Waals surface area contributed by atoms with Crippen molar-refractivity contribution in [2.24, 2.45) is 10.9 Å². The normalized spacial score (nSPS) is 29.3. The van der Waals surface area contributed by atoms with Gasteiger partial charge in [-0.05, 0) is 31.4 Å². The summed E-state index contributed by atoms with van der Waals surface area (Å²) in [5.41, 5.74) is 0.684. The second-order valence-electron chi connectivity index (χ2n) is 5.16. The van der Waals surface area contributed by atoms with Gasteiger partial charge in [-0.1, -0.05) is 12.1 Å². The smallest absolute Gasteiger partial charge is 0.306 e. The Morgan fingerprint density at radius 1 is 1.32 bits per heavy atom. The van der Waals surface area contributed by atoms with Gasteiger partial charge >= 0.3 is 5.97 Å². The van der Waals surface area contributed by atoms with Gasteiger partial charge in [0.25, 0.3) is 0 Å². The summed E-state index contributed by atoms with van der Waals surface area (Å²) in [6.07, 6.45) is 2.06. The Balaban J connectivity index is 1.79. The summed E-state index contributed by atoms with van der Waals surface area (Å²) in [6.45, 7) is 0. The van der Waals surface area contributed by atoms with Crippen molar-refractivity contribution in [1.82, 2.24) is 5.32 Å². The van der Waals surface area contributed by atoms with Gasteiger partial charge in [-0.25, -0.2) is 0 Å². The molecule has 100 valence electrons. The molecule has 1 aliphatic heterocycles. The van der Waals surface area contributed by atoms with Gasteiger partial charge in [0, 0.05) is 0 Å². The van der Waals surface area contributed by atoms with Gasteiger partial charge in [0.1, 0.15) is 11.6 Å². The molecule has 1 fully saturated rings. The first-order valence-corrected chi connectivity index (χ1v) is 6.50. The first kappa shape index (κ1) is 12.0. The van der Waals surface area contributed by atoms with Crippen LogP contribution in [0.5, 0.6) is 5.75 Å². The molecule has 3 N–H and O–H groups in total. The minimum absolute atomic E-state index is 0.0736. The highest BCUT2D eigenvalue weighted by molar-refractivity contribution is 6.02. The highest BCUT2D eigenvalue weighted by atomic mass is 16.4. The number of nitrogens with zero attached hydrogens (tertiary/aromatic N) is 1. The van der Waals surface area contributed by atoms with Crippen molar-refractivity contribution in [2.45, 2.75) is 31.3 Å². The van der Waals surface area contributed by atoms with Gasteiger partial charge in [-0.2, -0.15) is 0 Å². The molecule has 5 nitrogen and oxygen atoms in total. The number of para-hydroxylation sites is 1. The van der Waals surface area contributed by atoms with E-state index < -0.39 is 5.97 Å². The van der Waals surface area contributed by atoms with Gasteiger partial charge in [-0.3, -0.25) is 9.79 Å². The van der Waals surface area contributed by atoms with Crippen LogP contribution in [-0.4, -0.2) is 34.1 Å². The number of carboxylic acid groups (broad SMARTS) is 1. The fraction of sp³-hybridized carbons (Fsp3) is 0.429. The van der Waals surface area contributed by atoms with Crippen LogP contribution in [0.25, 0.3) is 0 Å². The number of aliphatic imine (C=N–C) groups is 1. The van der Waals surface area contributed by atoms with E-state index in [1.165, 1.54) is 0 Å². The number of hydrogen-bond donors (Lipinski definition) is 3. The largest absolute Gasteiger partial charge is 0.507 e. The highest BCUT2D eigenvalue weighted by Gasteiger charge is 2.38. The van der Waals surface area contributed by atoms with E-state index in [0.29, 0.717) is 24.2 Å². The van der Waals surface area contributed by atoms with E-state index in [2.05, 4.69) is 10.3 Å². The number of carbonyl (C=O) groups is 1. The number of fused-ring (bicyclic) bond motifs is 1. The molecule has 0 spiro atoms. The lowest BCUT2D eigenvalue weighted by molar-refractivity contribution is -0.143. The first-order chi connectivity index (χ1) is 9.15. The van der Waals surface area contributed by atoms with Crippen LogP contribution in [0.15, 0.2) is 29.3 Å². The van der Waals surface area contributed by atoms with Crippen molar-refractivity contribution in [3.8, 4) is 5.75 Å². The summed E-state index contributed by atoms with van der Waals surface area (Å²) in [6, 6.07) is 7.26. The Kier molecular flexibility index (Phi) is 2.89. The number of phenolic OH excluding ortho intramolecular Hbond substituents is 1. The monoisotopic (exact) mass is 260 g/mol. The van der Waals surface area contributed by atoms with Crippen molar-refractivity contribution in [2.75, 3.05) is 0 Å². The molecule has 19 heavy (non-hydrogen) atoms. The van der Waals surface area contributed by atoms with E-state index in [-0.39, 0.29) is 23.8 Å². The standard InChI is InChI=1S/C14H16N2O3/c17-12-4-2-1-3-9(12)13-15-10-6-5-8(14(18)19)7-11(10)16-13/h1-4,8,10-11,17H,5-7H2,(H,15,16)(H,18,19). The second kappa shape index (κ2) is 4.57. The summed E-state index contributed by atoms with van der Waals surface area (Å²) in [5, 5.41) is 22.2. The average Bonchev–Trinajstić information content (AvgIpc) is 2.81. The zero-order chi connectivity index (χ0) is 13.4. The molecule has 2 aliphatic rings. The van der Waals surface area contributed by atoms with Gasteiger partial charge in [0.2, 0.25) is 0 Å². The third kappa shape index (κ3) is 2.16. The van der Waals surface area contributed by atoms with E-state index in [9.17, 15) is 9.90 Å². The number of hydrogen-bond acceptors (Lipinski definition) is 4. The van der Waals surface area contributed by atoms with Crippen LogP contribution in [0.2, 0.25) is 0 Å². The van der Waals surface area contributed by atoms with Crippen LogP contribution in [-0.2, 0) is 4.79 Å². The Hall–Kier alpha value is -2.04. The summed E-state index contributed by atoms with van der Waals surface area (Å²) in [4.78, 5) is 15.6. The number of nitrogens with one attached hydrogen (secondary N) is 1. The zero-order valence-electron chi connectivity index (χ0n) is 10.4. The van der Waals surface area contributed by atoms with Crippen molar-refractivity contribution in [3.63, 3.8) is 0 Å². The maximum absolute atomic E-state index is 11.0. The minimum Gasteiger partial charge on any atom is -0.507 e. The fourth-order valence-corrected chi connectivity index (χ4v) is 2.89. The summed E-state index contributed by atoms with van der Waals surface area (Å²) in [5.74, 6) is -0.134. The molecule has 0 aromatic heterocycles. The average molecular weight is 260 g/mol. The maximum Gasteiger partial charge on any atom is 0.306 e. The van der Waals surface area contributed by atoms with E-state index in [1.54, 1.807) is 12.1 Å². The Morgan fingerprint density at radius 3 is 2.84 bits per heavy atom.